The molecule has 0 aliphatic carbocycles. The molecule has 0 fully saturated rings. The smallest absolute Gasteiger partial charge is 0.309 e. The van der Waals surface area contributed by atoms with Crippen molar-refractivity contribution in [2.24, 2.45) is 5.92 Å². The fraction of sp³-hybridized carbons (Fsp3) is 0.441. The van der Waals surface area contributed by atoms with Crippen molar-refractivity contribution in [1.29, 1.82) is 0 Å². The zero-order valence-corrected chi connectivity index (χ0v) is 27.1. The summed E-state index contributed by atoms with van der Waals surface area (Å²) in [5.74, 6) is -0.911. The number of esters is 1. The molecule has 0 amide bonds. The van der Waals surface area contributed by atoms with Crippen molar-refractivity contribution in [1.82, 2.24) is 15.0 Å². The molecule has 0 spiro atoms. The molecular formula is C34H45N3O3Si. The van der Waals surface area contributed by atoms with Crippen LogP contribution in [0.3, 0.4) is 0 Å². The van der Waals surface area contributed by atoms with Crippen LogP contribution in [-0.4, -0.2) is 29.3 Å². The number of ether oxygens (including phenoxy) is 1. The van der Waals surface area contributed by atoms with E-state index in [1.165, 1.54) is 5.56 Å². The van der Waals surface area contributed by atoms with Gasteiger partial charge in [0.1, 0.15) is 12.1 Å². The number of fused-ring (bicyclic) bond motifs is 1. The summed E-state index contributed by atoms with van der Waals surface area (Å²) >= 11 is 0. The minimum Gasteiger partial charge on any atom is -0.461 e. The number of aromatic nitrogens is 3. The SMILES string of the molecule is CCn1nnc2c(C)c(C(c3ccc(C)cc3CO[Si](C)(C)C(C)(C)C)C(C)C(=O)OCc3ccccc3)ccc21. The van der Waals surface area contributed by atoms with Gasteiger partial charge in [0.2, 0.25) is 0 Å². The molecule has 2 atom stereocenters. The Kier molecular flexibility index (Phi) is 9.19. The summed E-state index contributed by atoms with van der Waals surface area (Å²) in [6, 6.07) is 20.5. The number of aryl methyl sites for hydroxylation is 3. The van der Waals surface area contributed by atoms with Gasteiger partial charge in [-0.05, 0) is 72.8 Å². The van der Waals surface area contributed by atoms with Gasteiger partial charge < -0.3 is 9.16 Å². The summed E-state index contributed by atoms with van der Waals surface area (Å²) in [6.45, 7) is 21.0. The van der Waals surface area contributed by atoms with Crippen LogP contribution in [0.5, 0.6) is 0 Å². The summed E-state index contributed by atoms with van der Waals surface area (Å²) in [6.07, 6.45) is 0. The maximum absolute atomic E-state index is 13.7. The number of nitrogens with zero attached hydrogens (tertiary/aromatic N) is 3. The summed E-state index contributed by atoms with van der Waals surface area (Å²) in [7, 11) is -2.00. The van der Waals surface area contributed by atoms with E-state index in [2.05, 4.69) is 95.3 Å². The largest absolute Gasteiger partial charge is 0.461 e. The van der Waals surface area contributed by atoms with E-state index in [4.69, 9.17) is 9.16 Å². The standard InChI is InChI=1S/C34H45N3O3Si/c1-10-37-30-19-18-28(24(3)32(30)35-36-37)31(25(4)33(38)39-21-26-14-12-11-13-15-26)29-17-16-23(2)20-27(29)22-40-41(8,9)34(5,6)7/h11-20,25,31H,10,21-22H2,1-9H3. The first-order valence-corrected chi connectivity index (χ1v) is 17.5. The van der Waals surface area contributed by atoms with Crippen molar-refractivity contribution < 1.29 is 14.0 Å². The van der Waals surface area contributed by atoms with Gasteiger partial charge in [0.25, 0.3) is 0 Å². The Morgan fingerprint density at radius 3 is 2.32 bits per heavy atom. The van der Waals surface area contributed by atoms with E-state index in [0.717, 1.165) is 45.4 Å². The molecule has 0 aliphatic rings. The van der Waals surface area contributed by atoms with E-state index in [9.17, 15) is 4.79 Å². The van der Waals surface area contributed by atoms with Gasteiger partial charge in [-0.15, -0.1) is 5.10 Å². The molecule has 4 rings (SSSR count). The topological polar surface area (TPSA) is 66.2 Å². The van der Waals surface area contributed by atoms with Gasteiger partial charge in [-0.2, -0.15) is 0 Å². The molecule has 0 bridgehead atoms. The van der Waals surface area contributed by atoms with Crippen LogP contribution in [0.2, 0.25) is 18.1 Å². The average Bonchev–Trinajstić information content (AvgIpc) is 3.36. The number of rotatable bonds is 10. The van der Waals surface area contributed by atoms with Crippen molar-refractivity contribution in [2.45, 2.75) is 92.3 Å². The summed E-state index contributed by atoms with van der Waals surface area (Å²) in [5, 5.41) is 8.97. The fourth-order valence-corrected chi connectivity index (χ4v) is 6.04. The maximum Gasteiger partial charge on any atom is 0.309 e. The molecule has 2 unspecified atom stereocenters. The normalized spacial score (nSPS) is 13.8. The Bertz CT molecular complexity index is 1510. The van der Waals surface area contributed by atoms with Gasteiger partial charge in [0.05, 0.1) is 18.0 Å². The molecule has 4 aromatic rings. The molecule has 0 saturated carbocycles. The van der Waals surface area contributed by atoms with E-state index < -0.39 is 14.2 Å². The molecule has 41 heavy (non-hydrogen) atoms. The maximum atomic E-state index is 13.7. The molecular weight excluding hydrogens is 526 g/mol. The van der Waals surface area contributed by atoms with Gasteiger partial charge in [-0.3, -0.25) is 4.79 Å². The monoisotopic (exact) mass is 571 g/mol. The Labute approximate surface area is 246 Å². The third-order valence-corrected chi connectivity index (χ3v) is 13.2. The number of hydrogen-bond acceptors (Lipinski definition) is 5. The average molecular weight is 572 g/mol. The third kappa shape index (κ3) is 6.62. The van der Waals surface area contributed by atoms with Crippen molar-refractivity contribution in [3.8, 4) is 0 Å². The van der Waals surface area contributed by atoms with Crippen LogP contribution < -0.4 is 0 Å². The van der Waals surface area contributed by atoms with Gasteiger partial charge in [-0.1, -0.05) is 93.1 Å². The number of benzene rings is 3. The molecule has 7 heteroatoms. The summed E-state index contributed by atoms with van der Waals surface area (Å²) < 4.78 is 14.5. The molecule has 1 aromatic heterocycles. The van der Waals surface area contributed by atoms with E-state index >= 15 is 0 Å². The molecule has 0 saturated heterocycles. The highest BCUT2D eigenvalue weighted by Crippen LogP contribution is 2.41. The zero-order chi connectivity index (χ0) is 29.9. The van der Waals surface area contributed by atoms with Crippen molar-refractivity contribution in [3.05, 3.63) is 94.0 Å². The summed E-state index contributed by atoms with van der Waals surface area (Å²) in [4.78, 5) is 13.7. The minimum atomic E-state index is -2.00. The second kappa shape index (κ2) is 12.3. The number of carbonyl (C=O) groups excluding carboxylic acids is 1. The predicted molar refractivity (Wildman–Crippen MR) is 168 cm³/mol. The lowest BCUT2D eigenvalue weighted by molar-refractivity contribution is -0.149. The van der Waals surface area contributed by atoms with Crippen LogP contribution in [0.25, 0.3) is 11.0 Å². The first kappa shape index (κ1) is 30.7. The Morgan fingerprint density at radius 1 is 0.976 bits per heavy atom. The summed E-state index contributed by atoms with van der Waals surface area (Å²) in [5.41, 5.74) is 8.29. The van der Waals surface area contributed by atoms with Crippen LogP contribution >= 0.6 is 0 Å². The Morgan fingerprint density at radius 2 is 1.66 bits per heavy atom. The quantitative estimate of drug-likeness (QED) is 0.142. The first-order valence-electron chi connectivity index (χ1n) is 14.6. The Hall–Kier alpha value is -3.29. The van der Waals surface area contributed by atoms with Crippen molar-refractivity contribution >= 4 is 25.3 Å². The molecule has 1 heterocycles. The van der Waals surface area contributed by atoms with Crippen LogP contribution in [0.1, 0.15) is 73.9 Å². The van der Waals surface area contributed by atoms with E-state index in [-0.39, 0.29) is 23.5 Å². The molecule has 0 aliphatic heterocycles. The van der Waals surface area contributed by atoms with Crippen LogP contribution in [0.4, 0.5) is 0 Å². The minimum absolute atomic E-state index is 0.0949. The van der Waals surface area contributed by atoms with Gasteiger partial charge in [-0.25, -0.2) is 4.68 Å². The van der Waals surface area contributed by atoms with Crippen LogP contribution in [-0.2, 0) is 33.7 Å². The lowest BCUT2D eigenvalue weighted by Gasteiger charge is -2.37. The fourth-order valence-electron chi connectivity index (χ4n) is 5.09. The highest BCUT2D eigenvalue weighted by molar-refractivity contribution is 6.74. The Balaban J connectivity index is 1.79. The number of hydrogen-bond donors (Lipinski definition) is 0. The van der Waals surface area contributed by atoms with Gasteiger partial charge >= 0.3 is 5.97 Å². The molecule has 0 radical (unpaired) electrons. The highest BCUT2D eigenvalue weighted by Gasteiger charge is 2.38. The van der Waals surface area contributed by atoms with Crippen molar-refractivity contribution in [3.63, 3.8) is 0 Å². The van der Waals surface area contributed by atoms with Crippen LogP contribution in [0, 0.1) is 19.8 Å². The van der Waals surface area contributed by atoms with E-state index in [1.54, 1.807) is 0 Å². The molecule has 6 nitrogen and oxygen atoms in total. The lowest BCUT2D eigenvalue weighted by atomic mass is 9.77. The molecule has 0 N–H and O–H groups in total. The first-order chi connectivity index (χ1) is 19.3. The van der Waals surface area contributed by atoms with Crippen LogP contribution in [0.15, 0.2) is 60.7 Å². The highest BCUT2D eigenvalue weighted by atomic mass is 28.4. The predicted octanol–water partition coefficient (Wildman–Crippen LogP) is 8.10. The van der Waals surface area contributed by atoms with Gasteiger partial charge in [0, 0.05) is 12.5 Å². The third-order valence-electron chi connectivity index (χ3n) is 8.74. The van der Waals surface area contributed by atoms with Gasteiger partial charge in [0.15, 0.2) is 8.32 Å². The second-order valence-electron chi connectivity index (χ2n) is 12.7. The molecule has 3 aromatic carbocycles. The second-order valence-corrected chi connectivity index (χ2v) is 17.5. The number of carbonyl (C=O) groups is 1. The van der Waals surface area contributed by atoms with Crippen molar-refractivity contribution in [2.75, 3.05) is 0 Å². The molecule has 218 valence electrons. The lowest BCUT2D eigenvalue weighted by Crippen LogP contribution is -2.40. The zero-order valence-electron chi connectivity index (χ0n) is 26.1. The van der Waals surface area contributed by atoms with E-state index in [1.807, 2.05) is 41.9 Å². The van der Waals surface area contributed by atoms with E-state index in [0.29, 0.717) is 6.61 Å².